The summed E-state index contributed by atoms with van der Waals surface area (Å²) in [5.41, 5.74) is 1.08. The highest BCUT2D eigenvalue weighted by Gasteiger charge is 2.27. The molecule has 0 radical (unpaired) electrons. The maximum atomic E-state index is 11.4. The molecule has 2 nitrogen and oxygen atoms in total. The van der Waals surface area contributed by atoms with Gasteiger partial charge in [-0.3, -0.25) is 4.79 Å². The van der Waals surface area contributed by atoms with Gasteiger partial charge < -0.3 is 5.32 Å². The molecular formula is C10H17NO. The van der Waals surface area contributed by atoms with Crippen LogP contribution in [-0.2, 0) is 4.79 Å². The Balaban J connectivity index is 2.67. The molecule has 2 heteroatoms. The van der Waals surface area contributed by atoms with Gasteiger partial charge in [0.05, 0.1) is 6.04 Å². The van der Waals surface area contributed by atoms with E-state index in [9.17, 15) is 4.79 Å². The average Bonchev–Trinajstić information content (AvgIpc) is 2.30. The van der Waals surface area contributed by atoms with Crippen molar-refractivity contribution in [1.82, 2.24) is 5.32 Å². The normalized spacial score (nSPS) is 23.3. The van der Waals surface area contributed by atoms with E-state index < -0.39 is 0 Å². The summed E-state index contributed by atoms with van der Waals surface area (Å²) in [5.74, 6) is 1.04. The van der Waals surface area contributed by atoms with Crippen molar-refractivity contribution in [2.75, 3.05) is 0 Å². The van der Waals surface area contributed by atoms with E-state index in [1.54, 1.807) is 6.08 Å². The fourth-order valence-corrected chi connectivity index (χ4v) is 1.36. The van der Waals surface area contributed by atoms with Gasteiger partial charge in [-0.1, -0.05) is 27.7 Å². The van der Waals surface area contributed by atoms with Crippen molar-refractivity contribution in [3.8, 4) is 0 Å². The maximum Gasteiger partial charge on any atom is 0.179 e. The zero-order chi connectivity index (χ0) is 9.30. The number of hydrogen-bond donors (Lipinski definition) is 1. The van der Waals surface area contributed by atoms with E-state index >= 15 is 0 Å². The Morgan fingerprint density at radius 3 is 2.17 bits per heavy atom. The van der Waals surface area contributed by atoms with Gasteiger partial charge >= 0.3 is 0 Å². The smallest absolute Gasteiger partial charge is 0.179 e. The fourth-order valence-electron chi connectivity index (χ4n) is 1.36. The zero-order valence-corrected chi connectivity index (χ0v) is 8.22. The Kier molecular flexibility index (Phi) is 2.55. The van der Waals surface area contributed by atoms with Gasteiger partial charge in [0.15, 0.2) is 5.78 Å². The van der Waals surface area contributed by atoms with E-state index in [-0.39, 0.29) is 11.8 Å². The van der Waals surface area contributed by atoms with Crippen LogP contribution < -0.4 is 5.32 Å². The number of rotatable bonds is 2. The first-order valence-electron chi connectivity index (χ1n) is 4.54. The quantitative estimate of drug-likeness (QED) is 0.678. The van der Waals surface area contributed by atoms with Crippen LogP contribution >= 0.6 is 0 Å². The van der Waals surface area contributed by atoms with Crippen LogP contribution in [-0.4, -0.2) is 11.8 Å². The molecule has 0 fully saturated rings. The average molecular weight is 167 g/mol. The third-order valence-electron chi connectivity index (χ3n) is 2.22. The summed E-state index contributed by atoms with van der Waals surface area (Å²) >= 11 is 0. The molecule has 1 atom stereocenters. The second kappa shape index (κ2) is 3.30. The Morgan fingerprint density at radius 1 is 1.33 bits per heavy atom. The highest BCUT2D eigenvalue weighted by atomic mass is 16.1. The number of carbonyl (C=O) groups is 1. The Morgan fingerprint density at radius 2 is 1.92 bits per heavy atom. The maximum absolute atomic E-state index is 11.4. The lowest BCUT2D eigenvalue weighted by Crippen LogP contribution is -2.34. The van der Waals surface area contributed by atoms with Crippen molar-refractivity contribution < 1.29 is 4.79 Å². The summed E-state index contributed by atoms with van der Waals surface area (Å²) in [4.78, 5) is 11.4. The lowest BCUT2D eigenvalue weighted by molar-refractivity contribution is -0.116. The van der Waals surface area contributed by atoms with E-state index in [4.69, 9.17) is 0 Å². The second-order valence-corrected chi connectivity index (χ2v) is 4.02. The van der Waals surface area contributed by atoms with Gasteiger partial charge in [0.1, 0.15) is 0 Å². The predicted molar refractivity (Wildman–Crippen MR) is 49.7 cm³/mol. The second-order valence-electron chi connectivity index (χ2n) is 4.02. The molecule has 68 valence electrons. The minimum atomic E-state index is 0.0161. The first-order valence-corrected chi connectivity index (χ1v) is 4.54. The van der Waals surface area contributed by atoms with E-state index in [1.807, 2.05) is 0 Å². The summed E-state index contributed by atoms with van der Waals surface area (Å²) in [6, 6.07) is 0.0161. The minimum Gasteiger partial charge on any atom is -0.378 e. The predicted octanol–water partition coefficient (Wildman–Crippen LogP) is 1.72. The molecule has 0 aromatic carbocycles. The molecule has 1 aliphatic rings. The van der Waals surface area contributed by atoms with Crippen LogP contribution in [0.5, 0.6) is 0 Å². The van der Waals surface area contributed by atoms with E-state index in [2.05, 4.69) is 33.0 Å². The van der Waals surface area contributed by atoms with Crippen molar-refractivity contribution >= 4 is 5.78 Å². The summed E-state index contributed by atoms with van der Waals surface area (Å²) in [6.07, 6.45) is 1.75. The van der Waals surface area contributed by atoms with Crippen molar-refractivity contribution in [3.63, 3.8) is 0 Å². The molecule has 0 amide bonds. The van der Waals surface area contributed by atoms with Crippen LogP contribution in [0.15, 0.2) is 11.8 Å². The Bertz CT molecular complexity index is 216. The summed E-state index contributed by atoms with van der Waals surface area (Å²) < 4.78 is 0. The van der Waals surface area contributed by atoms with E-state index in [1.165, 1.54) is 0 Å². The van der Waals surface area contributed by atoms with E-state index in [0.29, 0.717) is 11.8 Å². The molecule has 1 unspecified atom stereocenters. The number of carbonyl (C=O) groups excluding carboxylic acids is 1. The third kappa shape index (κ3) is 1.68. The van der Waals surface area contributed by atoms with Crippen LogP contribution in [0.25, 0.3) is 0 Å². The molecule has 12 heavy (non-hydrogen) atoms. The van der Waals surface area contributed by atoms with Crippen molar-refractivity contribution in [2.24, 2.45) is 11.8 Å². The molecule has 0 spiro atoms. The van der Waals surface area contributed by atoms with Crippen LogP contribution in [0.4, 0.5) is 0 Å². The summed E-state index contributed by atoms with van der Waals surface area (Å²) in [6.45, 7) is 8.31. The van der Waals surface area contributed by atoms with Crippen LogP contribution in [0.1, 0.15) is 27.7 Å². The van der Waals surface area contributed by atoms with Gasteiger partial charge in [-0.15, -0.1) is 0 Å². The number of allylic oxidation sites excluding steroid dienone is 1. The van der Waals surface area contributed by atoms with Gasteiger partial charge in [0.25, 0.3) is 0 Å². The van der Waals surface area contributed by atoms with Gasteiger partial charge in [-0.25, -0.2) is 0 Å². The van der Waals surface area contributed by atoms with E-state index in [0.717, 1.165) is 5.70 Å². The zero-order valence-electron chi connectivity index (χ0n) is 8.22. The lowest BCUT2D eigenvalue weighted by atomic mass is 10.0. The van der Waals surface area contributed by atoms with Crippen LogP contribution in [0, 0.1) is 11.8 Å². The molecule has 0 aromatic rings. The molecule has 0 saturated heterocycles. The number of ketones is 1. The highest BCUT2D eigenvalue weighted by molar-refractivity contribution is 5.97. The molecule has 1 N–H and O–H groups in total. The SMILES string of the molecule is CC(C)C1=CC(=O)C(C(C)C)N1. The fraction of sp³-hybridized carbons (Fsp3) is 0.700. The van der Waals surface area contributed by atoms with Crippen LogP contribution in [0.3, 0.4) is 0 Å². The molecule has 1 heterocycles. The molecule has 0 aliphatic carbocycles. The summed E-state index contributed by atoms with van der Waals surface area (Å²) in [5, 5.41) is 3.25. The standard InChI is InChI=1S/C10H17NO/c1-6(2)8-5-9(12)10(11-8)7(3)4/h5-7,10-11H,1-4H3. The molecule has 0 saturated carbocycles. The minimum absolute atomic E-state index is 0.0161. The highest BCUT2D eigenvalue weighted by Crippen LogP contribution is 2.18. The third-order valence-corrected chi connectivity index (χ3v) is 2.22. The monoisotopic (exact) mass is 167 g/mol. The van der Waals surface area contributed by atoms with Gasteiger partial charge in [-0.05, 0) is 11.8 Å². The largest absolute Gasteiger partial charge is 0.378 e. The van der Waals surface area contributed by atoms with Crippen LogP contribution in [0.2, 0.25) is 0 Å². The van der Waals surface area contributed by atoms with Crippen molar-refractivity contribution in [3.05, 3.63) is 11.8 Å². The summed E-state index contributed by atoms with van der Waals surface area (Å²) in [7, 11) is 0. The molecule has 0 aromatic heterocycles. The molecular weight excluding hydrogens is 150 g/mol. The Hall–Kier alpha value is -0.790. The van der Waals surface area contributed by atoms with Crippen molar-refractivity contribution in [1.29, 1.82) is 0 Å². The van der Waals surface area contributed by atoms with Gasteiger partial charge in [0.2, 0.25) is 0 Å². The Labute approximate surface area is 74.0 Å². The number of hydrogen-bond acceptors (Lipinski definition) is 2. The molecule has 1 rings (SSSR count). The first kappa shape index (κ1) is 9.30. The number of nitrogens with one attached hydrogen (secondary N) is 1. The molecule has 1 aliphatic heterocycles. The lowest BCUT2D eigenvalue weighted by Gasteiger charge is -2.17. The van der Waals surface area contributed by atoms with Gasteiger partial charge in [-0.2, -0.15) is 0 Å². The topological polar surface area (TPSA) is 29.1 Å². The first-order chi connectivity index (χ1) is 5.52. The van der Waals surface area contributed by atoms with Crippen molar-refractivity contribution in [2.45, 2.75) is 33.7 Å². The molecule has 0 bridgehead atoms. The van der Waals surface area contributed by atoms with Gasteiger partial charge in [0, 0.05) is 11.8 Å².